The number of hydrogen-bond donors (Lipinski definition) is 2. The Morgan fingerprint density at radius 3 is 2.50 bits per heavy atom. The molecule has 2 N–H and O–H groups in total. The minimum atomic E-state index is -0.828. The van der Waals surface area contributed by atoms with Crippen molar-refractivity contribution in [2.24, 2.45) is 0 Å². The van der Waals surface area contributed by atoms with Crippen LogP contribution in [0, 0.1) is 0 Å². The highest BCUT2D eigenvalue weighted by molar-refractivity contribution is 5.85. The molecule has 1 aliphatic heterocycles. The predicted molar refractivity (Wildman–Crippen MR) is 70.2 cm³/mol. The second-order valence-corrected chi connectivity index (χ2v) is 3.94. The topological polar surface area (TPSA) is 67.8 Å². The maximum Gasteiger partial charge on any atom is 0.326 e. The first-order valence-electron chi connectivity index (χ1n) is 5.40. The van der Waals surface area contributed by atoms with Crippen molar-refractivity contribution in [2.75, 3.05) is 19.5 Å². The summed E-state index contributed by atoms with van der Waals surface area (Å²) in [5.41, 5.74) is 1.86. The third kappa shape index (κ3) is 2.61. The number of fused-ring (bicyclic) bond motifs is 1. The van der Waals surface area contributed by atoms with Crippen LogP contribution in [0.5, 0.6) is 11.5 Å². The van der Waals surface area contributed by atoms with Gasteiger partial charge in [-0.3, -0.25) is 0 Å². The van der Waals surface area contributed by atoms with Crippen LogP contribution in [0.1, 0.15) is 12.0 Å². The summed E-state index contributed by atoms with van der Waals surface area (Å²) in [6.45, 7) is 0. The summed E-state index contributed by atoms with van der Waals surface area (Å²) in [6.07, 6.45) is 1.30. The molecule has 0 bridgehead atoms. The standard InChI is InChI=1S/C12H15NO4.ClH/c1-16-10-5-7-3-4-8(12(14)15)13-9(7)6-11(10)17-2;/h5-6,8,13H,3-4H2,1-2H3,(H,14,15);1H. The number of carboxylic acids is 1. The molecule has 1 unspecified atom stereocenters. The predicted octanol–water partition coefficient (Wildman–Crippen LogP) is 1.94. The first kappa shape index (κ1) is 14.4. The van der Waals surface area contributed by atoms with Gasteiger partial charge in [0.1, 0.15) is 6.04 Å². The summed E-state index contributed by atoms with van der Waals surface area (Å²) in [5, 5.41) is 12.0. The van der Waals surface area contributed by atoms with E-state index in [9.17, 15) is 4.79 Å². The van der Waals surface area contributed by atoms with E-state index in [1.807, 2.05) is 6.07 Å². The Labute approximate surface area is 112 Å². The van der Waals surface area contributed by atoms with Crippen LogP contribution in [0.15, 0.2) is 12.1 Å². The van der Waals surface area contributed by atoms with Crippen molar-refractivity contribution >= 4 is 24.1 Å². The zero-order chi connectivity index (χ0) is 12.4. The Morgan fingerprint density at radius 1 is 1.33 bits per heavy atom. The quantitative estimate of drug-likeness (QED) is 0.881. The third-order valence-corrected chi connectivity index (χ3v) is 2.94. The van der Waals surface area contributed by atoms with Gasteiger partial charge in [0.2, 0.25) is 0 Å². The van der Waals surface area contributed by atoms with Crippen LogP contribution in [0.2, 0.25) is 0 Å². The highest BCUT2D eigenvalue weighted by atomic mass is 35.5. The van der Waals surface area contributed by atoms with Crippen molar-refractivity contribution in [1.82, 2.24) is 0 Å². The van der Waals surface area contributed by atoms with Crippen LogP contribution in [-0.4, -0.2) is 31.3 Å². The number of nitrogens with one attached hydrogen (secondary N) is 1. The molecule has 1 aliphatic rings. The van der Waals surface area contributed by atoms with E-state index in [4.69, 9.17) is 14.6 Å². The van der Waals surface area contributed by atoms with Gasteiger partial charge in [-0.25, -0.2) is 4.79 Å². The van der Waals surface area contributed by atoms with E-state index in [0.717, 1.165) is 17.7 Å². The molecule has 1 aromatic carbocycles. The van der Waals surface area contributed by atoms with Crippen molar-refractivity contribution in [1.29, 1.82) is 0 Å². The van der Waals surface area contributed by atoms with Gasteiger partial charge in [-0.15, -0.1) is 12.4 Å². The molecule has 0 saturated heterocycles. The van der Waals surface area contributed by atoms with E-state index in [2.05, 4.69) is 5.32 Å². The Hall–Kier alpha value is -1.62. The lowest BCUT2D eigenvalue weighted by atomic mass is 9.97. The fourth-order valence-electron chi connectivity index (χ4n) is 2.01. The van der Waals surface area contributed by atoms with Gasteiger partial charge < -0.3 is 19.9 Å². The second kappa shape index (κ2) is 5.82. The number of carbonyl (C=O) groups is 1. The van der Waals surface area contributed by atoms with E-state index in [1.165, 1.54) is 0 Å². The number of methoxy groups -OCH3 is 2. The molecule has 0 amide bonds. The minimum Gasteiger partial charge on any atom is -0.493 e. The lowest BCUT2D eigenvalue weighted by Crippen LogP contribution is -2.33. The summed E-state index contributed by atoms with van der Waals surface area (Å²) in [5.74, 6) is 0.442. The fraction of sp³-hybridized carbons (Fsp3) is 0.417. The molecule has 18 heavy (non-hydrogen) atoms. The van der Waals surface area contributed by atoms with Gasteiger partial charge in [0.05, 0.1) is 14.2 Å². The molecule has 0 radical (unpaired) electrons. The Balaban J connectivity index is 0.00000162. The molecule has 1 aromatic rings. The van der Waals surface area contributed by atoms with E-state index in [0.29, 0.717) is 17.9 Å². The van der Waals surface area contributed by atoms with Crippen LogP contribution in [0.4, 0.5) is 5.69 Å². The molecule has 0 aliphatic carbocycles. The van der Waals surface area contributed by atoms with Gasteiger partial charge in [-0.1, -0.05) is 0 Å². The molecule has 0 saturated carbocycles. The third-order valence-electron chi connectivity index (χ3n) is 2.94. The maximum absolute atomic E-state index is 10.9. The van der Waals surface area contributed by atoms with Crippen LogP contribution in [0.3, 0.4) is 0 Å². The molecule has 2 rings (SSSR count). The minimum absolute atomic E-state index is 0. The fourth-order valence-corrected chi connectivity index (χ4v) is 2.01. The molecule has 1 heterocycles. The average Bonchev–Trinajstić information content (AvgIpc) is 2.36. The molecule has 6 heteroatoms. The Bertz CT molecular complexity index is 450. The Kier molecular flexibility index (Phi) is 4.67. The van der Waals surface area contributed by atoms with Gasteiger partial charge in [0.15, 0.2) is 11.5 Å². The lowest BCUT2D eigenvalue weighted by Gasteiger charge is -2.25. The molecule has 0 aromatic heterocycles. The number of ether oxygens (including phenoxy) is 2. The van der Waals surface area contributed by atoms with Crippen molar-refractivity contribution in [3.05, 3.63) is 17.7 Å². The molecule has 0 fully saturated rings. The molecular formula is C12H16ClNO4. The first-order chi connectivity index (χ1) is 8.15. The smallest absolute Gasteiger partial charge is 0.326 e. The number of carboxylic acid groups (broad SMARTS) is 1. The molecule has 5 nitrogen and oxygen atoms in total. The van der Waals surface area contributed by atoms with Gasteiger partial charge in [-0.2, -0.15) is 0 Å². The maximum atomic E-state index is 10.9. The number of halogens is 1. The lowest BCUT2D eigenvalue weighted by molar-refractivity contribution is -0.138. The van der Waals surface area contributed by atoms with Crippen molar-refractivity contribution in [2.45, 2.75) is 18.9 Å². The number of aliphatic carboxylic acids is 1. The zero-order valence-corrected chi connectivity index (χ0v) is 11.0. The zero-order valence-electron chi connectivity index (χ0n) is 10.2. The van der Waals surface area contributed by atoms with E-state index in [1.54, 1.807) is 20.3 Å². The van der Waals surface area contributed by atoms with Gasteiger partial charge in [0.25, 0.3) is 0 Å². The molecule has 1 atom stereocenters. The number of aryl methyl sites for hydroxylation is 1. The van der Waals surface area contributed by atoms with Gasteiger partial charge >= 0.3 is 5.97 Å². The molecule has 100 valence electrons. The van der Waals surface area contributed by atoms with Crippen LogP contribution >= 0.6 is 12.4 Å². The highest BCUT2D eigenvalue weighted by Crippen LogP contribution is 2.36. The first-order valence-corrected chi connectivity index (χ1v) is 5.40. The normalized spacial score (nSPS) is 16.9. The SMILES string of the molecule is COc1cc2c(cc1OC)NC(C(=O)O)CC2.Cl. The van der Waals surface area contributed by atoms with Crippen LogP contribution < -0.4 is 14.8 Å². The van der Waals surface area contributed by atoms with Crippen molar-refractivity contribution < 1.29 is 19.4 Å². The van der Waals surface area contributed by atoms with Crippen LogP contribution in [-0.2, 0) is 11.2 Å². The van der Waals surface area contributed by atoms with E-state index >= 15 is 0 Å². The summed E-state index contributed by atoms with van der Waals surface area (Å²) in [4.78, 5) is 10.9. The largest absolute Gasteiger partial charge is 0.493 e. The average molecular weight is 274 g/mol. The number of hydrogen-bond acceptors (Lipinski definition) is 4. The highest BCUT2D eigenvalue weighted by Gasteiger charge is 2.24. The van der Waals surface area contributed by atoms with Gasteiger partial charge in [0, 0.05) is 11.8 Å². The number of benzene rings is 1. The Morgan fingerprint density at radius 2 is 1.94 bits per heavy atom. The summed E-state index contributed by atoms with van der Waals surface area (Å²) in [6, 6.07) is 3.14. The van der Waals surface area contributed by atoms with E-state index in [-0.39, 0.29) is 12.4 Å². The summed E-state index contributed by atoms with van der Waals surface area (Å²) in [7, 11) is 3.14. The van der Waals surface area contributed by atoms with Crippen molar-refractivity contribution in [3.8, 4) is 11.5 Å². The van der Waals surface area contributed by atoms with Crippen LogP contribution in [0.25, 0.3) is 0 Å². The second-order valence-electron chi connectivity index (χ2n) is 3.94. The number of rotatable bonds is 3. The van der Waals surface area contributed by atoms with Gasteiger partial charge in [-0.05, 0) is 24.5 Å². The number of anilines is 1. The van der Waals surface area contributed by atoms with E-state index < -0.39 is 12.0 Å². The molecule has 0 spiro atoms. The molecular weight excluding hydrogens is 258 g/mol. The van der Waals surface area contributed by atoms with Crippen molar-refractivity contribution in [3.63, 3.8) is 0 Å². The monoisotopic (exact) mass is 273 g/mol. The summed E-state index contributed by atoms with van der Waals surface area (Å²) < 4.78 is 10.4. The summed E-state index contributed by atoms with van der Waals surface area (Å²) >= 11 is 0.